The van der Waals surface area contributed by atoms with E-state index in [1.165, 1.54) is 6.42 Å². The standard InChI is InChI=1S/C9H17NO/c1-4-9(2,3)6-5-7-10-8-11/h4-7H2,1-3H3. The summed E-state index contributed by atoms with van der Waals surface area (Å²) < 4.78 is 0. The van der Waals surface area contributed by atoms with Crippen LogP contribution in [0.4, 0.5) is 0 Å². The summed E-state index contributed by atoms with van der Waals surface area (Å²) in [6, 6.07) is 0. The fourth-order valence-electron chi connectivity index (χ4n) is 0.859. The molecule has 0 aliphatic heterocycles. The zero-order chi connectivity index (χ0) is 8.74. The minimum Gasteiger partial charge on any atom is -0.211 e. The molecule has 0 saturated heterocycles. The highest BCUT2D eigenvalue weighted by atomic mass is 16.1. The Bertz CT molecular complexity index is 146. The van der Waals surface area contributed by atoms with Crippen LogP contribution in [-0.4, -0.2) is 12.6 Å². The summed E-state index contributed by atoms with van der Waals surface area (Å²) >= 11 is 0. The molecular formula is C9H17NO. The lowest BCUT2D eigenvalue weighted by Crippen LogP contribution is -2.09. The van der Waals surface area contributed by atoms with Gasteiger partial charge in [0.25, 0.3) is 0 Å². The maximum absolute atomic E-state index is 9.71. The molecule has 0 amide bonds. The van der Waals surface area contributed by atoms with Crippen molar-refractivity contribution in [3.8, 4) is 0 Å². The van der Waals surface area contributed by atoms with E-state index in [9.17, 15) is 4.79 Å². The topological polar surface area (TPSA) is 29.4 Å². The molecule has 64 valence electrons. The van der Waals surface area contributed by atoms with Gasteiger partial charge in [-0.15, -0.1) is 0 Å². The van der Waals surface area contributed by atoms with Crippen LogP contribution in [0.5, 0.6) is 0 Å². The number of nitrogens with zero attached hydrogens (tertiary/aromatic N) is 1. The second-order valence-corrected chi connectivity index (χ2v) is 3.59. The van der Waals surface area contributed by atoms with Crippen LogP contribution in [0.3, 0.4) is 0 Å². The van der Waals surface area contributed by atoms with Gasteiger partial charge >= 0.3 is 0 Å². The maximum atomic E-state index is 9.71. The van der Waals surface area contributed by atoms with Crippen molar-refractivity contribution in [1.29, 1.82) is 0 Å². The van der Waals surface area contributed by atoms with Crippen LogP contribution in [0.2, 0.25) is 0 Å². The van der Waals surface area contributed by atoms with Crippen molar-refractivity contribution < 1.29 is 4.79 Å². The fourth-order valence-corrected chi connectivity index (χ4v) is 0.859. The summed E-state index contributed by atoms with van der Waals surface area (Å²) in [6.45, 7) is 7.28. The molecule has 2 nitrogen and oxygen atoms in total. The van der Waals surface area contributed by atoms with Gasteiger partial charge in [0, 0.05) is 0 Å². The Labute approximate surface area is 68.7 Å². The Morgan fingerprint density at radius 1 is 1.45 bits per heavy atom. The van der Waals surface area contributed by atoms with Gasteiger partial charge in [-0.1, -0.05) is 27.2 Å². The number of carbonyl (C=O) groups excluding carboxylic acids is 1. The first kappa shape index (κ1) is 10.4. The van der Waals surface area contributed by atoms with Crippen molar-refractivity contribution in [1.82, 2.24) is 0 Å². The van der Waals surface area contributed by atoms with Crippen molar-refractivity contribution in [3.63, 3.8) is 0 Å². The summed E-state index contributed by atoms with van der Waals surface area (Å²) in [5.41, 5.74) is 0.401. The van der Waals surface area contributed by atoms with E-state index in [1.807, 2.05) is 0 Å². The van der Waals surface area contributed by atoms with Crippen molar-refractivity contribution in [2.75, 3.05) is 6.54 Å². The Balaban J connectivity index is 3.45. The molecule has 0 spiro atoms. The molecule has 0 N–H and O–H groups in total. The van der Waals surface area contributed by atoms with E-state index < -0.39 is 0 Å². The van der Waals surface area contributed by atoms with Gasteiger partial charge in [0.05, 0.1) is 6.54 Å². The Kier molecular flexibility index (Phi) is 4.80. The van der Waals surface area contributed by atoms with Gasteiger partial charge in [-0.25, -0.2) is 9.79 Å². The summed E-state index contributed by atoms with van der Waals surface area (Å²) in [6.07, 6.45) is 4.86. The molecule has 0 radical (unpaired) electrons. The highest BCUT2D eigenvalue weighted by molar-refractivity contribution is 5.32. The van der Waals surface area contributed by atoms with Crippen molar-refractivity contribution >= 4 is 6.08 Å². The van der Waals surface area contributed by atoms with E-state index >= 15 is 0 Å². The predicted molar refractivity (Wildman–Crippen MR) is 46.3 cm³/mol. The summed E-state index contributed by atoms with van der Waals surface area (Å²) in [4.78, 5) is 13.2. The molecule has 0 unspecified atom stereocenters. The molecule has 0 aromatic rings. The van der Waals surface area contributed by atoms with Crippen LogP contribution in [0.15, 0.2) is 4.99 Å². The third-order valence-electron chi connectivity index (χ3n) is 2.15. The van der Waals surface area contributed by atoms with Crippen molar-refractivity contribution in [3.05, 3.63) is 0 Å². The third-order valence-corrected chi connectivity index (χ3v) is 2.15. The number of isocyanates is 1. The smallest absolute Gasteiger partial charge is 0.211 e. The first-order valence-corrected chi connectivity index (χ1v) is 4.16. The number of hydrogen-bond acceptors (Lipinski definition) is 2. The Hall–Kier alpha value is -0.620. The van der Waals surface area contributed by atoms with Gasteiger partial charge in [0.1, 0.15) is 0 Å². The molecule has 2 heteroatoms. The number of hydrogen-bond donors (Lipinski definition) is 0. The van der Waals surface area contributed by atoms with Crippen LogP contribution >= 0.6 is 0 Å². The zero-order valence-electron chi connectivity index (χ0n) is 7.68. The van der Waals surface area contributed by atoms with Crippen molar-refractivity contribution in [2.45, 2.75) is 40.0 Å². The number of rotatable bonds is 5. The second kappa shape index (κ2) is 5.09. The van der Waals surface area contributed by atoms with Gasteiger partial charge in [-0.2, -0.15) is 0 Å². The molecule has 0 aliphatic rings. The molecule has 0 atom stereocenters. The van der Waals surface area contributed by atoms with E-state index in [0.29, 0.717) is 12.0 Å². The van der Waals surface area contributed by atoms with Crippen molar-refractivity contribution in [2.24, 2.45) is 10.4 Å². The largest absolute Gasteiger partial charge is 0.234 e. The summed E-state index contributed by atoms with van der Waals surface area (Å²) in [5, 5.41) is 0. The number of aliphatic imine (C=N–C) groups is 1. The highest BCUT2D eigenvalue weighted by Crippen LogP contribution is 2.25. The average molecular weight is 155 g/mol. The van der Waals surface area contributed by atoms with Gasteiger partial charge in [-0.3, -0.25) is 0 Å². The first-order chi connectivity index (χ1) is 5.12. The zero-order valence-corrected chi connectivity index (χ0v) is 7.68. The van der Waals surface area contributed by atoms with Crippen LogP contribution in [0.25, 0.3) is 0 Å². The molecule has 0 bridgehead atoms. The third kappa shape index (κ3) is 5.81. The Morgan fingerprint density at radius 3 is 2.55 bits per heavy atom. The molecule has 0 fully saturated rings. The van der Waals surface area contributed by atoms with E-state index in [-0.39, 0.29) is 0 Å². The van der Waals surface area contributed by atoms with E-state index in [1.54, 1.807) is 6.08 Å². The highest BCUT2D eigenvalue weighted by Gasteiger charge is 2.13. The first-order valence-electron chi connectivity index (χ1n) is 4.16. The van der Waals surface area contributed by atoms with Gasteiger partial charge < -0.3 is 0 Å². The monoisotopic (exact) mass is 155 g/mol. The van der Waals surface area contributed by atoms with Gasteiger partial charge in [0.2, 0.25) is 6.08 Å². The van der Waals surface area contributed by atoms with Gasteiger partial charge in [0.15, 0.2) is 0 Å². The molecule has 0 aromatic carbocycles. The van der Waals surface area contributed by atoms with Crippen LogP contribution < -0.4 is 0 Å². The minimum atomic E-state index is 0.401. The minimum absolute atomic E-state index is 0.401. The van der Waals surface area contributed by atoms with Crippen LogP contribution in [-0.2, 0) is 4.79 Å². The SMILES string of the molecule is CCC(C)(C)CCCN=C=O. The fraction of sp³-hybridized carbons (Fsp3) is 0.889. The average Bonchev–Trinajstić information content (AvgIpc) is 1.99. The summed E-state index contributed by atoms with van der Waals surface area (Å²) in [5.74, 6) is 0. The maximum Gasteiger partial charge on any atom is 0.234 e. The van der Waals surface area contributed by atoms with E-state index in [4.69, 9.17) is 0 Å². The summed E-state index contributed by atoms with van der Waals surface area (Å²) in [7, 11) is 0. The van der Waals surface area contributed by atoms with Gasteiger partial charge in [-0.05, 0) is 18.3 Å². The van der Waals surface area contributed by atoms with E-state index in [2.05, 4.69) is 25.8 Å². The Morgan fingerprint density at radius 2 is 2.09 bits per heavy atom. The lowest BCUT2D eigenvalue weighted by Gasteiger charge is -2.21. The lowest BCUT2D eigenvalue weighted by atomic mass is 9.85. The predicted octanol–water partition coefficient (Wildman–Crippen LogP) is 2.54. The molecule has 0 aliphatic carbocycles. The molecular weight excluding hydrogens is 138 g/mol. The van der Waals surface area contributed by atoms with Crippen LogP contribution in [0.1, 0.15) is 40.0 Å². The molecule has 0 rings (SSSR count). The normalized spacial score (nSPS) is 10.8. The van der Waals surface area contributed by atoms with E-state index in [0.717, 1.165) is 12.8 Å². The van der Waals surface area contributed by atoms with Crippen LogP contribution in [0, 0.1) is 5.41 Å². The molecule has 0 saturated carbocycles. The second-order valence-electron chi connectivity index (χ2n) is 3.59. The molecule has 11 heavy (non-hydrogen) atoms. The molecule has 0 heterocycles. The molecule has 0 aromatic heterocycles. The lowest BCUT2D eigenvalue weighted by molar-refractivity contribution is 0.315. The quantitative estimate of drug-likeness (QED) is 0.341.